The molecular formula is C26H26FN3O4S. The van der Waals surface area contributed by atoms with Crippen molar-refractivity contribution in [1.29, 1.82) is 0 Å². The predicted molar refractivity (Wildman–Crippen MR) is 132 cm³/mol. The molecule has 2 aliphatic heterocycles. The molecule has 3 aromatic rings. The van der Waals surface area contributed by atoms with Crippen molar-refractivity contribution < 1.29 is 22.3 Å². The fraction of sp³-hybridized carbons (Fsp3) is 0.269. The van der Waals surface area contributed by atoms with Crippen LogP contribution in [0.5, 0.6) is 11.5 Å². The van der Waals surface area contributed by atoms with E-state index in [0.29, 0.717) is 37.7 Å². The number of halogens is 1. The lowest BCUT2D eigenvalue weighted by Crippen LogP contribution is -2.50. The molecule has 35 heavy (non-hydrogen) atoms. The molecule has 0 aliphatic carbocycles. The van der Waals surface area contributed by atoms with Gasteiger partial charge in [-0.25, -0.2) is 12.8 Å². The maximum atomic E-state index is 13.2. The fourth-order valence-corrected chi connectivity index (χ4v) is 5.94. The van der Waals surface area contributed by atoms with Gasteiger partial charge in [0.25, 0.3) is 0 Å². The molecule has 0 spiro atoms. The third-order valence-electron chi connectivity index (χ3n) is 6.43. The third-order valence-corrected chi connectivity index (χ3v) is 8.30. The first-order valence-electron chi connectivity index (χ1n) is 11.5. The first-order valence-corrected chi connectivity index (χ1v) is 13.1. The molecular weight excluding hydrogens is 469 g/mol. The molecule has 1 fully saturated rings. The zero-order valence-corrected chi connectivity index (χ0v) is 19.9. The summed E-state index contributed by atoms with van der Waals surface area (Å²) in [5.74, 6) is -0.0645. The van der Waals surface area contributed by atoms with Crippen molar-refractivity contribution >= 4 is 21.6 Å². The summed E-state index contributed by atoms with van der Waals surface area (Å²) in [6.07, 6.45) is 0. The second-order valence-electron chi connectivity index (χ2n) is 8.58. The van der Waals surface area contributed by atoms with Gasteiger partial charge in [-0.15, -0.1) is 0 Å². The van der Waals surface area contributed by atoms with E-state index in [0.717, 1.165) is 16.8 Å². The molecule has 2 aliphatic rings. The number of nitrogens with one attached hydrogen (secondary N) is 1. The van der Waals surface area contributed by atoms with Crippen LogP contribution in [-0.4, -0.2) is 57.1 Å². The largest absolute Gasteiger partial charge is 0.457 e. The second kappa shape index (κ2) is 9.67. The molecule has 0 bridgehead atoms. The van der Waals surface area contributed by atoms with Crippen LogP contribution in [0, 0.1) is 5.82 Å². The summed E-state index contributed by atoms with van der Waals surface area (Å²) in [5, 5.41) is 2.82. The number of amides is 1. The van der Waals surface area contributed by atoms with Crippen molar-refractivity contribution in [2.24, 2.45) is 0 Å². The van der Waals surface area contributed by atoms with Gasteiger partial charge < -0.3 is 15.0 Å². The second-order valence-corrected chi connectivity index (χ2v) is 10.7. The number of fused-ring (bicyclic) bond motifs is 2. The Kier molecular flexibility index (Phi) is 6.44. The molecule has 1 amide bonds. The number of anilines is 1. The van der Waals surface area contributed by atoms with E-state index in [1.54, 1.807) is 12.1 Å². The van der Waals surface area contributed by atoms with Gasteiger partial charge in [0.1, 0.15) is 17.3 Å². The number of ether oxygens (including phenoxy) is 1. The van der Waals surface area contributed by atoms with E-state index in [2.05, 4.69) is 5.32 Å². The monoisotopic (exact) mass is 495 g/mol. The van der Waals surface area contributed by atoms with E-state index < -0.39 is 15.9 Å². The first-order chi connectivity index (χ1) is 16.9. The molecule has 3 aromatic carbocycles. The van der Waals surface area contributed by atoms with Crippen molar-refractivity contribution in [2.75, 3.05) is 43.4 Å². The minimum Gasteiger partial charge on any atom is -0.457 e. The number of carbonyl (C=O) groups excluding carboxylic acids is 1. The maximum Gasteiger partial charge on any atom is 0.232 e. The van der Waals surface area contributed by atoms with Crippen molar-refractivity contribution in [3.63, 3.8) is 0 Å². The Morgan fingerprint density at radius 1 is 0.886 bits per heavy atom. The maximum absolute atomic E-state index is 13.2. The Balaban J connectivity index is 1.20. The van der Waals surface area contributed by atoms with Crippen LogP contribution in [0.2, 0.25) is 0 Å². The Morgan fingerprint density at radius 2 is 1.46 bits per heavy atom. The van der Waals surface area contributed by atoms with Gasteiger partial charge in [-0.1, -0.05) is 36.4 Å². The van der Waals surface area contributed by atoms with E-state index in [9.17, 15) is 17.6 Å². The molecule has 5 rings (SSSR count). The van der Waals surface area contributed by atoms with Gasteiger partial charge in [-0.3, -0.25) is 4.79 Å². The van der Waals surface area contributed by atoms with E-state index in [-0.39, 0.29) is 24.0 Å². The molecule has 1 N–H and O–H groups in total. The highest BCUT2D eigenvalue weighted by Crippen LogP contribution is 2.43. The SMILES string of the molecule is O=C(NCCS(=O)(=O)N1CCN(c2ccc(F)cc2)CC1)C1c2ccccc2Oc2ccccc21. The van der Waals surface area contributed by atoms with Crippen LogP contribution < -0.4 is 15.0 Å². The van der Waals surface area contributed by atoms with Gasteiger partial charge in [0.05, 0.1) is 11.7 Å². The summed E-state index contributed by atoms with van der Waals surface area (Å²) in [6, 6.07) is 21.0. The van der Waals surface area contributed by atoms with E-state index >= 15 is 0 Å². The molecule has 9 heteroatoms. The number of hydrogen-bond donors (Lipinski definition) is 1. The summed E-state index contributed by atoms with van der Waals surface area (Å²) in [6.45, 7) is 1.74. The summed E-state index contributed by atoms with van der Waals surface area (Å²) >= 11 is 0. The van der Waals surface area contributed by atoms with Crippen LogP contribution in [-0.2, 0) is 14.8 Å². The van der Waals surface area contributed by atoms with Crippen LogP contribution in [0.4, 0.5) is 10.1 Å². The van der Waals surface area contributed by atoms with E-state index in [1.807, 2.05) is 53.4 Å². The highest BCUT2D eigenvalue weighted by molar-refractivity contribution is 7.89. The third kappa shape index (κ3) is 4.87. The molecule has 0 unspecified atom stereocenters. The van der Waals surface area contributed by atoms with Gasteiger partial charge in [0, 0.05) is 49.5 Å². The predicted octanol–water partition coefficient (Wildman–Crippen LogP) is 3.33. The Morgan fingerprint density at radius 3 is 2.06 bits per heavy atom. The van der Waals surface area contributed by atoms with Gasteiger partial charge in [-0.05, 0) is 36.4 Å². The lowest BCUT2D eigenvalue weighted by Gasteiger charge is -2.35. The molecule has 0 atom stereocenters. The molecule has 182 valence electrons. The molecule has 0 saturated carbocycles. The van der Waals surface area contributed by atoms with E-state index in [4.69, 9.17) is 4.74 Å². The van der Waals surface area contributed by atoms with Gasteiger partial charge in [0.15, 0.2) is 0 Å². The smallest absolute Gasteiger partial charge is 0.232 e. The number of para-hydroxylation sites is 2. The summed E-state index contributed by atoms with van der Waals surface area (Å²) in [7, 11) is -3.54. The molecule has 7 nitrogen and oxygen atoms in total. The Labute approximate surface area is 204 Å². The van der Waals surface area contributed by atoms with Crippen molar-refractivity contribution in [3.05, 3.63) is 89.7 Å². The molecule has 0 radical (unpaired) electrons. The van der Waals surface area contributed by atoms with Gasteiger partial charge in [0.2, 0.25) is 15.9 Å². The minimum atomic E-state index is -3.54. The number of carbonyl (C=O) groups is 1. The van der Waals surface area contributed by atoms with Crippen molar-refractivity contribution in [1.82, 2.24) is 9.62 Å². The summed E-state index contributed by atoms with van der Waals surface area (Å²) in [5.41, 5.74) is 2.37. The van der Waals surface area contributed by atoms with Crippen LogP contribution >= 0.6 is 0 Å². The highest BCUT2D eigenvalue weighted by Gasteiger charge is 2.33. The standard InChI is InChI=1S/C26H26FN3O4S/c27-19-9-11-20(12-10-19)29-14-16-30(17-15-29)35(32,33)18-13-28-26(31)25-21-5-1-3-7-23(21)34-24-8-4-2-6-22(24)25/h1-12,25H,13-18H2,(H,28,31). The first kappa shape index (κ1) is 23.3. The number of rotatable bonds is 6. The van der Waals surface area contributed by atoms with Crippen LogP contribution in [0.1, 0.15) is 17.0 Å². The van der Waals surface area contributed by atoms with Gasteiger partial charge >= 0.3 is 0 Å². The topological polar surface area (TPSA) is 79.0 Å². The number of benzene rings is 3. The van der Waals surface area contributed by atoms with Crippen LogP contribution in [0.3, 0.4) is 0 Å². The molecule has 0 aromatic heterocycles. The Hall–Kier alpha value is -3.43. The average molecular weight is 496 g/mol. The average Bonchev–Trinajstić information content (AvgIpc) is 2.87. The summed E-state index contributed by atoms with van der Waals surface area (Å²) in [4.78, 5) is 15.2. The zero-order chi connectivity index (χ0) is 24.4. The summed E-state index contributed by atoms with van der Waals surface area (Å²) < 4.78 is 46.4. The lowest BCUT2D eigenvalue weighted by atomic mass is 9.87. The van der Waals surface area contributed by atoms with Crippen molar-refractivity contribution in [2.45, 2.75) is 5.92 Å². The number of nitrogens with zero attached hydrogens (tertiary/aromatic N) is 2. The Bertz CT molecular complexity index is 1280. The minimum absolute atomic E-state index is 0.0149. The number of sulfonamides is 1. The van der Waals surface area contributed by atoms with Crippen LogP contribution in [0.15, 0.2) is 72.8 Å². The molecule has 1 saturated heterocycles. The highest BCUT2D eigenvalue weighted by atomic mass is 32.2. The number of piperazine rings is 1. The van der Waals surface area contributed by atoms with E-state index in [1.165, 1.54) is 16.4 Å². The van der Waals surface area contributed by atoms with Crippen LogP contribution in [0.25, 0.3) is 0 Å². The zero-order valence-electron chi connectivity index (χ0n) is 19.1. The fourth-order valence-electron chi connectivity index (χ4n) is 4.60. The quantitative estimate of drug-likeness (QED) is 0.568. The number of hydrogen-bond acceptors (Lipinski definition) is 5. The van der Waals surface area contributed by atoms with Gasteiger partial charge in [-0.2, -0.15) is 4.31 Å². The van der Waals surface area contributed by atoms with Crippen molar-refractivity contribution in [3.8, 4) is 11.5 Å². The normalized spacial score (nSPS) is 16.2. The lowest BCUT2D eigenvalue weighted by molar-refractivity contribution is -0.121. The molecule has 2 heterocycles.